The second-order valence-corrected chi connectivity index (χ2v) is 20.8. The highest BCUT2D eigenvalue weighted by Crippen LogP contribution is 2.41. The van der Waals surface area contributed by atoms with Crippen LogP contribution in [0.25, 0.3) is 0 Å². The second-order valence-electron chi connectivity index (χ2n) is 20.8. The lowest BCUT2D eigenvalue weighted by Crippen LogP contribution is -2.81. The number of nitrogens with one attached hydrogen (secondary N) is 1. The Labute approximate surface area is 427 Å². The van der Waals surface area contributed by atoms with Gasteiger partial charge in [-0.3, -0.25) is 19.2 Å². The Balaban J connectivity index is 0.000000222. The van der Waals surface area contributed by atoms with Gasteiger partial charge in [0.2, 0.25) is 24.7 Å². The average molecular weight is 1110 g/mol. The lowest BCUT2D eigenvalue weighted by atomic mass is 9.80. The molecule has 8 rings (SSSR count). The Morgan fingerprint density at radius 3 is 1.24 bits per heavy atom. The van der Waals surface area contributed by atoms with E-state index in [0.717, 1.165) is 24.3 Å². The van der Waals surface area contributed by atoms with Gasteiger partial charge in [-0.1, -0.05) is 24.3 Å². The van der Waals surface area contributed by atoms with Gasteiger partial charge in [-0.15, -0.1) is 0 Å². The summed E-state index contributed by atoms with van der Waals surface area (Å²) in [4.78, 5) is 82.3. The molecule has 0 aromatic heterocycles. The van der Waals surface area contributed by atoms with Crippen LogP contribution in [0.2, 0.25) is 0 Å². The van der Waals surface area contributed by atoms with Crippen LogP contribution in [0, 0.1) is 11.8 Å². The van der Waals surface area contributed by atoms with Crippen LogP contribution in [0.5, 0.6) is 0 Å². The van der Waals surface area contributed by atoms with Crippen molar-refractivity contribution >= 4 is 35.7 Å². The minimum atomic E-state index is -5.08. The predicted molar refractivity (Wildman–Crippen MR) is 241 cm³/mol. The third-order valence-electron chi connectivity index (χ3n) is 14.5. The van der Waals surface area contributed by atoms with Crippen LogP contribution >= 0.6 is 0 Å². The average Bonchev–Trinajstić information content (AvgIpc) is 3.29. The Morgan fingerprint density at radius 1 is 0.605 bits per heavy atom. The molecule has 0 bridgehead atoms. The number of benzene rings is 2. The summed E-state index contributed by atoms with van der Waals surface area (Å²) in [7, 11) is 0. The van der Waals surface area contributed by atoms with Gasteiger partial charge in [0.1, 0.15) is 24.2 Å². The van der Waals surface area contributed by atoms with E-state index in [1.165, 1.54) is 48.8 Å². The molecule has 0 atom stereocenters. The molecule has 6 fully saturated rings. The lowest BCUT2D eigenvalue weighted by Gasteiger charge is -2.58. The highest BCUT2D eigenvalue weighted by Gasteiger charge is 2.62. The maximum Gasteiger partial charge on any atom is 0.490 e. The van der Waals surface area contributed by atoms with E-state index in [9.17, 15) is 81.0 Å². The number of likely N-dealkylation sites (tertiary alicyclic amines) is 1. The van der Waals surface area contributed by atoms with Crippen LogP contribution in [0.1, 0.15) is 94.4 Å². The Hall–Kier alpha value is -5.89. The molecule has 5 amide bonds. The number of nitrogens with zero attached hydrogens (tertiary/aromatic N) is 5. The van der Waals surface area contributed by atoms with Crippen molar-refractivity contribution in [2.24, 2.45) is 11.8 Å². The van der Waals surface area contributed by atoms with Gasteiger partial charge in [0.05, 0.1) is 24.2 Å². The van der Waals surface area contributed by atoms with Gasteiger partial charge in [-0.2, -0.15) is 39.5 Å². The predicted octanol–water partition coefficient (Wildman–Crippen LogP) is 8.37. The Morgan fingerprint density at radius 2 is 0.947 bits per heavy atom. The molecule has 6 aliphatic rings. The number of ether oxygens (including phenoxy) is 1. The first-order valence-corrected chi connectivity index (χ1v) is 24.3. The number of piperazine rings is 2. The summed E-state index contributed by atoms with van der Waals surface area (Å²) >= 11 is 0. The Bertz CT molecular complexity index is 2410. The van der Waals surface area contributed by atoms with Gasteiger partial charge in [0, 0.05) is 50.1 Å². The third-order valence-corrected chi connectivity index (χ3v) is 14.5. The van der Waals surface area contributed by atoms with Crippen LogP contribution in [0.4, 0.5) is 61.9 Å². The van der Waals surface area contributed by atoms with Gasteiger partial charge < -0.3 is 39.7 Å². The third kappa shape index (κ3) is 13.4. The smallest absolute Gasteiger partial charge is 0.475 e. The summed E-state index contributed by atoms with van der Waals surface area (Å²) in [6.45, 7) is 4.91. The number of amides is 5. The van der Waals surface area contributed by atoms with Gasteiger partial charge in [-0.05, 0) is 108 Å². The molecule has 27 heteroatoms. The molecule has 14 nitrogen and oxygen atoms in total. The molecule has 2 saturated carbocycles. The van der Waals surface area contributed by atoms with Crippen molar-refractivity contribution in [1.29, 1.82) is 0 Å². The maximum absolute atomic E-state index is 13.9. The highest BCUT2D eigenvalue weighted by atomic mass is 19.4. The van der Waals surface area contributed by atoms with E-state index in [1.54, 1.807) is 20.8 Å². The first-order chi connectivity index (χ1) is 35.2. The molecule has 4 heterocycles. The van der Waals surface area contributed by atoms with Crippen LogP contribution in [-0.4, -0.2) is 152 Å². The van der Waals surface area contributed by atoms with E-state index in [1.807, 2.05) is 0 Å². The van der Waals surface area contributed by atoms with E-state index in [2.05, 4.69) is 5.32 Å². The van der Waals surface area contributed by atoms with Crippen LogP contribution in [0.15, 0.2) is 48.5 Å². The number of carboxylic acids is 1. The van der Waals surface area contributed by atoms with E-state index in [-0.39, 0.29) is 95.0 Å². The summed E-state index contributed by atoms with van der Waals surface area (Å²) in [5.41, 5.74) is -3.95. The maximum atomic E-state index is 13.9. The summed E-state index contributed by atoms with van der Waals surface area (Å²) in [6, 6.07) is 8.30. The summed E-state index contributed by atoms with van der Waals surface area (Å²) < 4.78 is 167. The van der Waals surface area contributed by atoms with E-state index < -0.39 is 89.0 Å². The fourth-order valence-electron chi connectivity index (χ4n) is 10.3. The lowest BCUT2D eigenvalue weighted by molar-refractivity contribution is -0.192. The molecule has 2 spiro atoms. The summed E-state index contributed by atoms with van der Waals surface area (Å²) in [5, 5.41) is 10.1. The number of hydrogen-bond donors (Lipinski definition) is 2. The fourth-order valence-corrected chi connectivity index (χ4v) is 10.3. The summed E-state index contributed by atoms with van der Waals surface area (Å²) in [5.74, 6) is -5.45. The zero-order chi connectivity index (χ0) is 56.5. The van der Waals surface area contributed by atoms with Gasteiger partial charge >= 0.3 is 30.6 Å². The molecule has 0 radical (unpaired) electrons. The van der Waals surface area contributed by atoms with Gasteiger partial charge in [0.25, 0.3) is 11.8 Å². The van der Waals surface area contributed by atoms with Crippen molar-refractivity contribution in [3.05, 3.63) is 70.8 Å². The van der Waals surface area contributed by atoms with Crippen molar-refractivity contribution in [2.45, 2.75) is 145 Å². The normalized spacial score (nSPS) is 23.9. The van der Waals surface area contributed by atoms with Crippen molar-refractivity contribution in [3.63, 3.8) is 0 Å². The van der Waals surface area contributed by atoms with Crippen molar-refractivity contribution in [3.8, 4) is 0 Å². The van der Waals surface area contributed by atoms with Crippen LogP contribution < -0.4 is 5.32 Å². The molecule has 2 aromatic rings. The summed E-state index contributed by atoms with van der Waals surface area (Å²) in [6.07, 6.45) is -16.8. The Kier molecular flexibility index (Phi) is 17.6. The molecule has 4 saturated heterocycles. The number of carbonyl (C=O) groups excluding carboxylic acids is 5. The molecular weight excluding hydrogens is 1050 g/mol. The zero-order valence-corrected chi connectivity index (χ0v) is 41.4. The number of carboxylic acid groups (broad SMARTS) is 1. The minimum Gasteiger partial charge on any atom is -0.475 e. The van der Waals surface area contributed by atoms with E-state index >= 15 is 0 Å². The first-order valence-electron chi connectivity index (χ1n) is 24.3. The number of halogens is 13. The second kappa shape index (κ2) is 22.6. The number of aliphatic carboxylic acids is 1. The fraction of sp³-hybridized carbons (Fsp3) is 0.633. The number of rotatable bonds is 8. The molecular formula is C49H57F13N6O8. The topological polar surface area (TPSA) is 160 Å². The number of carbonyl (C=O) groups is 6. The van der Waals surface area contributed by atoms with Crippen LogP contribution in [-0.2, 0) is 54.2 Å². The molecule has 422 valence electrons. The quantitative estimate of drug-likeness (QED) is 0.248. The standard InChI is InChI=1S/C26H32F5N3O4.C21H24F5N3O2.C2HF3O2/c1-24(2,3)38-23(37)32-14-25(15-32)22(36)33(19-10-6-17(7-11-19)21(27)28)13-20(35)34(25)12-16-4-8-18(9-5-16)26(29,30)31;22-18(23)14-3-7-16(8-4-14)28-10-17(30)29(20(19(28)31)11-27-12-20)9-13-1-5-15(6-2-13)21(24,25)26;3-2(4,5)1(6)7/h4-5,8-9,17,19,21H,6-7,10-15H2,1-3H3;1-2,5-6,14,16,18,27H,3-4,7-12H2;(H,6,7). The number of hydrogen-bond acceptors (Lipinski definition) is 8. The molecule has 2 aliphatic carbocycles. The molecule has 4 aliphatic heterocycles. The molecule has 2 aromatic carbocycles. The molecule has 2 N–H and O–H groups in total. The number of alkyl halides is 13. The van der Waals surface area contributed by atoms with Crippen molar-refractivity contribution in [2.75, 3.05) is 39.3 Å². The minimum absolute atomic E-state index is 0.0380. The van der Waals surface area contributed by atoms with Crippen molar-refractivity contribution < 1.29 is 95.7 Å². The van der Waals surface area contributed by atoms with E-state index in [0.29, 0.717) is 49.7 Å². The highest BCUT2D eigenvalue weighted by molar-refractivity contribution is 6.01. The van der Waals surface area contributed by atoms with Gasteiger partial charge in [0.15, 0.2) is 5.54 Å². The van der Waals surface area contributed by atoms with Crippen LogP contribution in [0.3, 0.4) is 0 Å². The SMILES string of the molecule is CC(C)(C)OC(=O)N1CC2(C1)C(=O)N(C1CCC(C(F)F)CC1)CC(=O)N2Cc1ccc(C(F)(F)F)cc1.O=C(O)C(F)(F)F.O=C1CN(C2CCC(C(F)F)CC2)C(=O)C2(CNC2)N1Cc1ccc(C(F)(F)F)cc1. The molecule has 0 unspecified atom stereocenters. The zero-order valence-electron chi connectivity index (χ0n) is 41.4. The largest absolute Gasteiger partial charge is 0.490 e. The van der Waals surface area contributed by atoms with Gasteiger partial charge in [-0.25, -0.2) is 27.2 Å². The monoisotopic (exact) mass is 1100 g/mol. The first kappa shape index (κ1) is 59.4. The molecule has 76 heavy (non-hydrogen) atoms. The van der Waals surface area contributed by atoms with Crippen molar-refractivity contribution in [1.82, 2.24) is 29.8 Å². The van der Waals surface area contributed by atoms with E-state index in [4.69, 9.17) is 14.6 Å².